The Labute approximate surface area is 129 Å². The maximum atomic E-state index is 12.8. The predicted molar refractivity (Wildman–Crippen MR) is 80.8 cm³/mol. The number of hydrogen-bond acceptors (Lipinski definition) is 3. The Bertz CT molecular complexity index is 627. The Balaban J connectivity index is 1.87. The minimum atomic E-state index is -0.841. The smallest absolute Gasteiger partial charge is 0.311 e. The summed E-state index contributed by atoms with van der Waals surface area (Å²) in [5.74, 6) is -1.00. The number of carboxylic acids is 1. The van der Waals surface area contributed by atoms with E-state index in [0.29, 0.717) is 31.7 Å². The van der Waals surface area contributed by atoms with E-state index in [1.165, 1.54) is 0 Å². The second-order valence-corrected chi connectivity index (χ2v) is 6.49. The molecular formula is C17H21NO4. The van der Waals surface area contributed by atoms with E-state index in [-0.39, 0.29) is 18.4 Å². The van der Waals surface area contributed by atoms with Gasteiger partial charge in [0.1, 0.15) is 0 Å². The lowest BCUT2D eigenvalue weighted by atomic mass is 9.74. The van der Waals surface area contributed by atoms with Gasteiger partial charge in [-0.15, -0.1) is 0 Å². The first-order chi connectivity index (χ1) is 10.4. The van der Waals surface area contributed by atoms with Crippen LogP contribution >= 0.6 is 0 Å². The number of rotatable bonds is 2. The van der Waals surface area contributed by atoms with Crippen LogP contribution < -0.4 is 0 Å². The Morgan fingerprint density at radius 1 is 1.36 bits per heavy atom. The fourth-order valence-corrected chi connectivity index (χ4v) is 3.68. The summed E-state index contributed by atoms with van der Waals surface area (Å²) in [6, 6.07) is 5.73. The van der Waals surface area contributed by atoms with Crippen LogP contribution in [0.4, 0.5) is 0 Å². The third-order valence-electron chi connectivity index (χ3n) is 5.03. The van der Waals surface area contributed by atoms with Crippen LogP contribution in [-0.4, -0.2) is 48.2 Å². The van der Waals surface area contributed by atoms with Crippen molar-refractivity contribution in [3.63, 3.8) is 0 Å². The number of aryl methyl sites for hydroxylation is 2. The fraction of sp³-hybridized carbons (Fsp3) is 0.529. The van der Waals surface area contributed by atoms with Gasteiger partial charge in [-0.2, -0.15) is 0 Å². The van der Waals surface area contributed by atoms with Crippen molar-refractivity contribution in [3.05, 3.63) is 34.9 Å². The van der Waals surface area contributed by atoms with Gasteiger partial charge in [0, 0.05) is 31.2 Å². The summed E-state index contributed by atoms with van der Waals surface area (Å²) in [6.07, 6.45) is 0.476. The van der Waals surface area contributed by atoms with Gasteiger partial charge in [0.25, 0.3) is 5.91 Å². The average Bonchev–Trinajstić information content (AvgIpc) is 2.87. The minimum absolute atomic E-state index is 0.0764. The molecule has 2 saturated heterocycles. The molecule has 0 bridgehead atoms. The number of carboxylic acid groups (broad SMARTS) is 1. The molecule has 0 radical (unpaired) electrons. The molecule has 0 saturated carbocycles. The summed E-state index contributed by atoms with van der Waals surface area (Å²) in [7, 11) is 0. The lowest BCUT2D eigenvalue weighted by Crippen LogP contribution is -2.45. The number of carbonyl (C=O) groups is 2. The van der Waals surface area contributed by atoms with E-state index in [1.807, 2.05) is 32.0 Å². The third-order valence-corrected chi connectivity index (χ3v) is 5.03. The molecule has 0 aliphatic carbocycles. The Hall–Kier alpha value is -1.88. The van der Waals surface area contributed by atoms with Gasteiger partial charge in [-0.25, -0.2) is 0 Å². The molecule has 2 atom stereocenters. The van der Waals surface area contributed by atoms with Crippen molar-refractivity contribution >= 4 is 11.9 Å². The number of carbonyl (C=O) groups excluding carboxylic acids is 1. The molecule has 5 heteroatoms. The van der Waals surface area contributed by atoms with Gasteiger partial charge < -0.3 is 14.7 Å². The highest BCUT2D eigenvalue weighted by Gasteiger charge is 2.54. The first kappa shape index (κ1) is 15.0. The highest BCUT2D eigenvalue weighted by molar-refractivity contribution is 5.96. The number of likely N-dealkylation sites (tertiary alicyclic amines) is 1. The van der Waals surface area contributed by atoms with E-state index in [1.54, 1.807) is 4.90 Å². The topological polar surface area (TPSA) is 66.8 Å². The molecular weight excluding hydrogens is 282 g/mol. The van der Waals surface area contributed by atoms with Crippen LogP contribution in [0, 0.1) is 25.2 Å². The van der Waals surface area contributed by atoms with Crippen molar-refractivity contribution in [2.45, 2.75) is 20.3 Å². The van der Waals surface area contributed by atoms with E-state index in [0.717, 1.165) is 11.1 Å². The quantitative estimate of drug-likeness (QED) is 0.905. The number of hydrogen-bond donors (Lipinski definition) is 1. The van der Waals surface area contributed by atoms with E-state index < -0.39 is 11.4 Å². The third kappa shape index (κ3) is 2.29. The van der Waals surface area contributed by atoms with Crippen LogP contribution in [0.2, 0.25) is 0 Å². The van der Waals surface area contributed by atoms with Gasteiger partial charge >= 0.3 is 5.97 Å². The van der Waals surface area contributed by atoms with Gasteiger partial charge in [-0.3, -0.25) is 9.59 Å². The SMILES string of the molecule is Cc1ccc(C(=O)N2C[C@H]3COCC[C@@]3(C(=O)O)C2)c(C)c1. The average molecular weight is 303 g/mol. The van der Waals surface area contributed by atoms with Crippen LogP contribution in [0.15, 0.2) is 18.2 Å². The summed E-state index contributed by atoms with van der Waals surface area (Å²) in [5.41, 5.74) is 1.86. The molecule has 0 spiro atoms. The van der Waals surface area contributed by atoms with Gasteiger partial charge in [-0.1, -0.05) is 17.7 Å². The molecule has 1 aromatic carbocycles. The number of ether oxygens (including phenoxy) is 1. The monoisotopic (exact) mass is 303 g/mol. The highest BCUT2D eigenvalue weighted by Crippen LogP contribution is 2.42. The number of nitrogens with zero attached hydrogens (tertiary/aromatic N) is 1. The molecule has 1 aromatic rings. The summed E-state index contributed by atoms with van der Waals surface area (Å²) in [4.78, 5) is 26.2. The maximum Gasteiger partial charge on any atom is 0.311 e. The van der Waals surface area contributed by atoms with Gasteiger partial charge in [0.2, 0.25) is 0 Å². The van der Waals surface area contributed by atoms with Crippen molar-refractivity contribution < 1.29 is 19.4 Å². The number of fused-ring (bicyclic) bond motifs is 1. The molecule has 22 heavy (non-hydrogen) atoms. The molecule has 2 aliphatic rings. The molecule has 1 N–H and O–H groups in total. The van der Waals surface area contributed by atoms with E-state index in [2.05, 4.69) is 0 Å². The molecule has 2 heterocycles. The zero-order chi connectivity index (χ0) is 15.9. The standard InChI is InChI=1S/C17H21NO4/c1-11-3-4-14(12(2)7-11)15(19)18-8-13-9-22-6-5-17(13,10-18)16(20)21/h3-4,7,13H,5-6,8-10H2,1-2H3,(H,20,21)/t13-,17+/m0/s1. The van der Waals surface area contributed by atoms with Crippen molar-refractivity contribution in [1.29, 1.82) is 0 Å². The van der Waals surface area contributed by atoms with Crippen LogP contribution in [0.25, 0.3) is 0 Å². The number of aliphatic carboxylic acids is 1. The molecule has 118 valence electrons. The fourth-order valence-electron chi connectivity index (χ4n) is 3.68. The van der Waals surface area contributed by atoms with Crippen molar-refractivity contribution in [2.75, 3.05) is 26.3 Å². The van der Waals surface area contributed by atoms with Crippen LogP contribution in [0.1, 0.15) is 27.9 Å². The van der Waals surface area contributed by atoms with Gasteiger partial charge in [-0.05, 0) is 31.9 Å². The zero-order valence-electron chi connectivity index (χ0n) is 13.0. The Morgan fingerprint density at radius 2 is 2.14 bits per heavy atom. The second-order valence-electron chi connectivity index (χ2n) is 6.49. The van der Waals surface area contributed by atoms with Gasteiger partial charge in [0.05, 0.1) is 12.0 Å². The summed E-state index contributed by atoms with van der Waals surface area (Å²) in [6.45, 7) is 5.51. The van der Waals surface area contributed by atoms with Crippen molar-refractivity contribution in [2.24, 2.45) is 11.3 Å². The van der Waals surface area contributed by atoms with Crippen molar-refractivity contribution in [1.82, 2.24) is 4.90 Å². The predicted octanol–water partition coefficient (Wildman–Crippen LogP) is 1.87. The zero-order valence-corrected chi connectivity index (χ0v) is 13.0. The Morgan fingerprint density at radius 3 is 2.77 bits per heavy atom. The molecule has 1 amide bonds. The van der Waals surface area contributed by atoms with E-state index in [4.69, 9.17) is 4.74 Å². The first-order valence-corrected chi connectivity index (χ1v) is 7.62. The molecule has 5 nitrogen and oxygen atoms in total. The minimum Gasteiger partial charge on any atom is -0.481 e. The molecule has 3 rings (SSSR count). The van der Waals surface area contributed by atoms with Crippen LogP contribution in [-0.2, 0) is 9.53 Å². The van der Waals surface area contributed by atoms with Crippen LogP contribution in [0.5, 0.6) is 0 Å². The summed E-state index contributed by atoms with van der Waals surface area (Å²) >= 11 is 0. The largest absolute Gasteiger partial charge is 0.481 e. The van der Waals surface area contributed by atoms with Crippen LogP contribution in [0.3, 0.4) is 0 Å². The summed E-state index contributed by atoms with van der Waals surface area (Å²) < 4.78 is 5.43. The van der Waals surface area contributed by atoms with Gasteiger partial charge in [0.15, 0.2) is 0 Å². The first-order valence-electron chi connectivity index (χ1n) is 7.62. The number of benzene rings is 1. The summed E-state index contributed by atoms with van der Waals surface area (Å²) in [5, 5.41) is 9.67. The lowest BCUT2D eigenvalue weighted by molar-refractivity contribution is -0.157. The second kappa shape index (κ2) is 5.39. The Kier molecular flexibility index (Phi) is 3.68. The van der Waals surface area contributed by atoms with E-state index in [9.17, 15) is 14.7 Å². The van der Waals surface area contributed by atoms with E-state index >= 15 is 0 Å². The van der Waals surface area contributed by atoms with Crippen molar-refractivity contribution in [3.8, 4) is 0 Å². The highest BCUT2D eigenvalue weighted by atomic mass is 16.5. The number of amides is 1. The lowest BCUT2D eigenvalue weighted by Gasteiger charge is -2.33. The maximum absolute atomic E-state index is 12.8. The normalized spacial score (nSPS) is 27.5. The molecule has 2 aliphatic heterocycles. The molecule has 0 unspecified atom stereocenters. The molecule has 0 aromatic heterocycles. The molecule has 2 fully saturated rings.